The molecule has 3 aromatic carbocycles. The summed E-state index contributed by atoms with van der Waals surface area (Å²) in [7, 11) is 0. The summed E-state index contributed by atoms with van der Waals surface area (Å²) in [5.41, 5.74) is -0.695. The molecule has 0 saturated heterocycles. The van der Waals surface area contributed by atoms with Crippen molar-refractivity contribution < 1.29 is 33.8 Å². The molecular formula is C37H41Cl2N3O7. The summed E-state index contributed by atoms with van der Waals surface area (Å²) in [6.45, 7) is 9.45. The zero-order valence-corrected chi connectivity index (χ0v) is 29.8. The average molecular weight is 711 g/mol. The Morgan fingerprint density at radius 3 is 2.14 bits per heavy atom. The zero-order valence-electron chi connectivity index (χ0n) is 28.3. The Morgan fingerprint density at radius 2 is 1.57 bits per heavy atom. The second kappa shape index (κ2) is 15.9. The van der Waals surface area contributed by atoms with E-state index in [9.17, 15) is 24.3 Å². The van der Waals surface area contributed by atoms with Crippen molar-refractivity contribution in [2.45, 2.75) is 78.5 Å². The van der Waals surface area contributed by atoms with E-state index in [4.69, 9.17) is 32.7 Å². The van der Waals surface area contributed by atoms with Gasteiger partial charge in [-0.05, 0) is 67.6 Å². The van der Waals surface area contributed by atoms with Gasteiger partial charge in [0.25, 0.3) is 11.6 Å². The number of hydrogen-bond donors (Lipinski definition) is 2. The van der Waals surface area contributed by atoms with Crippen LogP contribution in [0.15, 0.2) is 79.0 Å². The molecule has 3 aromatic rings. The summed E-state index contributed by atoms with van der Waals surface area (Å²) >= 11 is 12.3. The number of carbonyl (C=O) groups excluding carboxylic acids is 4. The molecule has 0 fully saturated rings. The number of esters is 1. The highest BCUT2D eigenvalue weighted by atomic mass is 35.5. The van der Waals surface area contributed by atoms with Crippen LogP contribution in [-0.4, -0.2) is 62.5 Å². The molecule has 0 aromatic heterocycles. The van der Waals surface area contributed by atoms with Crippen LogP contribution in [0.25, 0.3) is 5.70 Å². The van der Waals surface area contributed by atoms with Gasteiger partial charge in [-0.3, -0.25) is 19.3 Å². The van der Waals surface area contributed by atoms with E-state index in [1.54, 1.807) is 94.4 Å². The highest BCUT2D eigenvalue weighted by Crippen LogP contribution is 2.37. The van der Waals surface area contributed by atoms with E-state index in [1.807, 2.05) is 6.07 Å². The van der Waals surface area contributed by atoms with Crippen molar-refractivity contribution in [3.05, 3.63) is 106 Å². The van der Waals surface area contributed by atoms with Crippen molar-refractivity contribution in [3.63, 3.8) is 0 Å². The van der Waals surface area contributed by atoms with Crippen molar-refractivity contribution in [3.8, 4) is 5.75 Å². The van der Waals surface area contributed by atoms with Crippen molar-refractivity contribution in [2.24, 2.45) is 5.92 Å². The van der Waals surface area contributed by atoms with Crippen molar-refractivity contribution in [1.29, 1.82) is 0 Å². The van der Waals surface area contributed by atoms with E-state index < -0.39 is 41.7 Å². The van der Waals surface area contributed by atoms with Gasteiger partial charge in [-0.15, -0.1) is 0 Å². The molecule has 2 N–H and O–H groups in total. The minimum absolute atomic E-state index is 0.0789. The monoisotopic (exact) mass is 709 g/mol. The Labute approximate surface area is 296 Å². The van der Waals surface area contributed by atoms with Gasteiger partial charge < -0.3 is 24.8 Å². The molecule has 49 heavy (non-hydrogen) atoms. The van der Waals surface area contributed by atoms with Gasteiger partial charge in [-0.2, -0.15) is 0 Å². The SMILES string of the molecule is CC(=O)NC(O)(C(=O)OC(C)C)[C@H](Cc1ccccc1)N1C(=O)[C@@H](C(C)C)N(C(C)=O)C=C1c1cccc(OCc2cc(Cl)cc(Cl)c2)c1. The highest BCUT2D eigenvalue weighted by Gasteiger charge is 2.54. The van der Waals surface area contributed by atoms with Crippen LogP contribution < -0.4 is 10.1 Å². The number of ether oxygens (including phenoxy) is 2. The molecule has 0 aliphatic carbocycles. The van der Waals surface area contributed by atoms with Gasteiger partial charge in [-0.1, -0.05) is 79.5 Å². The second-order valence-electron chi connectivity index (χ2n) is 12.5. The Bertz CT molecular complexity index is 1710. The fourth-order valence-electron chi connectivity index (χ4n) is 5.79. The summed E-state index contributed by atoms with van der Waals surface area (Å²) in [6.07, 6.45) is 0.798. The Kier molecular flexibility index (Phi) is 12.1. The molecule has 1 aliphatic rings. The Hall–Kier alpha value is -4.38. The molecule has 1 heterocycles. The predicted octanol–water partition coefficient (Wildman–Crippen LogP) is 5.97. The van der Waals surface area contributed by atoms with Crippen LogP contribution in [0.2, 0.25) is 10.0 Å². The molecular weight excluding hydrogens is 669 g/mol. The van der Waals surface area contributed by atoms with Crippen molar-refractivity contribution in [2.75, 3.05) is 0 Å². The van der Waals surface area contributed by atoms with Crippen LogP contribution in [-0.2, 0) is 36.9 Å². The van der Waals surface area contributed by atoms with Gasteiger partial charge in [-0.25, -0.2) is 4.79 Å². The third kappa shape index (κ3) is 9.00. The first-order valence-electron chi connectivity index (χ1n) is 15.9. The first-order chi connectivity index (χ1) is 23.1. The minimum atomic E-state index is -2.71. The van der Waals surface area contributed by atoms with E-state index in [1.165, 1.54) is 22.9 Å². The van der Waals surface area contributed by atoms with E-state index >= 15 is 0 Å². The molecule has 260 valence electrons. The number of aliphatic hydroxyl groups is 1. The van der Waals surface area contributed by atoms with Crippen LogP contribution in [0.5, 0.6) is 5.75 Å². The van der Waals surface area contributed by atoms with Crippen LogP contribution in [0.3, 0.4) is 0 Å². The number of carbonyl (C=O) groups is 4. The van der Waals surface area contributed by atoms with Crippen LogP contribution in [0, 0.1) is 5.92 Å². The number of nitrogens with zero attached hydrogens (tertiary/aromatic N) is 2. The third-order valence-corrected chi connectivity index (χ3v) is 8.29. The molecule has 1 unspecified atom stereocenters. The van der Waals surface area contributed by atoms with E-state index in [-0.39, 0.29) is 30.5 Å². The van der Waals surface area contributed by atoms with Gasteiger partial charge in [0.15, 0.2) is 0 Å². The van der Waals surface area contributed by atoms with Crippen molar-refractivity contribution >= 4 is 52.6 Å². The topological polar surface area (TPSA) is 125 Å². The Morgan fingerprint density at radius 1 is 0.918 bits per heavy atom. The average Bonchev–Trinajstić information content (AvgIpc) is 3.01. The van der Waals surface area contributed by atoms with Gasteiger partial charge in [0, 0.05) is 35.7 Å². The summed E-state index contributed by atoms with van der Waals surface area (Å²) in [5, 5.41) is 15.6. The molecule has 3 amide bonds. The lowest BCUT2D eigenvalue weighted by Crippen LogP contribution is -2.70. The molecule has 12 heteroatoms. The lowest BCUT2D eigenvalue weighted by Gasteiger charge is -2.48. The maximum absolute atomic E-state index is 14.8. The molecule has 4 rings (SSSR count). The number of amides is 3. The van der Waals surface area contributed by atoms with Gasteiger partial charge in [0.05, 0.1) is 11.8 Å². The normalized spacial score (nSPS) is 16.6. The van der Waals surface area contributed by atoms with Crippen LogP contribution in [0.4, 0.5) is 0 Å². The minimum Gasteiger partial charge on any atom is -0.489 e. The smallest absolute Gasteiger partial charge is 0.362 e. The van der Waals surface area contributed by atoms with E-state index in [2.05, 4.69) is 5.32 Å². The predicted molar refractivity (Wildman–Crippen MR) is 187 cm³/mol. The first kappa shape index (κ1) is 37.4. The second-order valence-corrected chi connectivity index (χ2v) is 13.4. The van der Waals surface area contributed by atoms with Gasteiger partial charge >= 0.3 is 5.97 Å². The summed E-state index contributed by atoms with van der Waals surface area (Å²) in [4.78, 5) is 56.9. The maximum Gasteiger partial charge on any atom is 0.362 e. The number of benzene rings is 3. The highest BCUT2D eigenvalue weighted by molar-refractivity contribution is 6.34. The van der Waals surface area contributed by atoms with E-state index in [0.29, 0.717) is 26.9 Å². The van der Waals surface area contributed by atoms with Crippen LogP contribution in [0.1, 0.15) is 58.2 Å². The van der Waals surface area contributed by atoms with Crippen molar-refractivity contribution in [1.82, 2.24) is 15.1 Å². The maximum atomic E-state index is 14.8. The number of halogens is 2. The molecule has 0 radical (unpaired) electrons. The third-order valence-electron chi connectivity index (χ3n) is 7.85. The largest absolute Gasteiger partial charge is 0.489 e. The fourth-order valence-corrected chi connectivity index (χ4v) is 6.37. The first-order valence-corrected chi connectivity index (χ1v) is 16.6. The molecule has 0 saturated carbocycles. The van der Waals surface area contributed by atoms with Crippen LogP contribution >= 0.6 is 23.2 Å². The summed E-state index contributed by atoms with van der Waals surface area (Å²) in [6, 6.07) is 18.4. The fraction of sp³-hybridized carbons (Fsp3) is 0.351. The molecule has 10 nitrogen and oxygen atoms in total. The van der Waals surface area contributed by atoms with Gasteiger partial charge in [0.1, 0.15) is 24.4 Å². The van der Waals surface area contributed by atoms with E-state index in [0.717, 1.165) is 12.5 Å². The lowest BCUT2D eigenvalue weighted by molar-refractivity contribution is -0.185. The molecule has 0 bridgehead atoms. The lowest BCUT2D eigenvalue weighted by atomic mass is 9.89. The number of rotatable bonds is 12. The number of hydrogen-bond acceptors (Lipinski definition) is 7. The van der Waals surface area contributed by atoms with Gasteiger partial charge in [0.2, 0.25) is 11.8 Å². The summed E-state index contributed by atoms with van der Waals surface area (Å²) in [5.74, 6) is -2.77. The standard InChI is InChI=1S/C37H41Cl2N3O7/c1-22(2)34-35(45)42(33(17-26-11-8-7-9-12-26)37(47,40-24(5)43)36(46)49-23(3)4)32(20-41(34)25(6)44)28-13-10-14-31(18-28)48-21-27-15-29(38)19-30(39)16-27/h7-16,18-20,22-23,33-34,47H,17,21H2,1-6H3,(H,40,43)/t33-,34+,37?/m0/s1. The zero-order chi connectivity index (χ0) is 36.0. The Balaban J connectivity index is 1.92. The number of nitrogens with one attached hydrogen (secondary N) is 1. The summed E-state index contributed by atoms with van der Waals surface area (Å²) < 4.78 is 11.6. The molecule has 3 atom stereocenters. The molecule has 1 aliphatic heterocycles. The molecule has 0 spiro atoms. The quantitative estimate of drug-likeness (QED) is 0.175.